The SMILES string of the molecule is Oc1ccc(O)n1CCCN1CCN(c2cccc(Cl)c2)CC1. The Morgan fingerprint density at radius 2 is 1.61 bits per heavy atom. The topological polar surface area (TPSA) is 51.9 Å². The highest BCUT2D eigenvalue weighted by molar-refractivity contribution is 6.30. The molecule has 0 amide bonds. The third-order valence-electron chi connectivity index (χ3n) is 4.34. The fraction of sp³-hybridized carbons (Fsp3) is 0.412. The summed E-state index contributed by atoms with van der Waals surface area (Å²) in [5.41, 5.74) is 1.18. The lowest BCUT2D eigenvalue weighted by Crippen LogP contribution is -2.46. The lowest BCUT2D eigenvalue weighted by atomic mass is 10.2. The molecule has 0 aliphatic carbocycles. The van der Waals surface area contributed by atoms with Crippen molar-refractivity contribution in [2.75, 3.05) is 37.6 Å². The van der Waals surface area contributed by atoms with E-state index in [2.05, 4.69) is 15.9 Å². The van der Waals surface area contributed by atoms with Crippen molar-refractivity contribution in [2.24, 2.45) is 0 Å². The summed E-state index contributed by atoms with van der Waals surface area (Å²) in [5.74, 6) is 0.238. The number of halogens is 1. The van der Waals surface area contributed by atoms with Gasteiger partial charge in [-0.2, -0.15) is 0 Å². The van der Waals surface area contributed by atoms with Gasteiger partial charge in [0.15, 0.2) is 11.8 Å². The van der Waals surface area contributed by atoms with Crippen LogP contribution in [0.1, 0.15) is 6.42 Å². The van der Waals surface area contributed by atoms with E-state index < -0.39 is 0 Å². The molecule has 0 spiro atoms. The smallest absolute Gasteiger partial charge is 0.193 e. The molecule has 2 heterocycles. The Morgan fingerprint density at radius 3 is 2.26 bits per heavy atom. The van der Waals surface area contributed by atoms with Crippen LogP contribution < -0.4 is 4.90 Å². The van der Waals surface area contributed by atoms with E-state index >= 15 is 0 Å². The van der Waals surface area contributed by atoms with E-state index in [1.807, 2.05) is 18.2 Å². The van der Waals surface area contributed by atoms with Gasteiger partial charge in [-0.1, -0.05) is 17.7 Å². The van der Waals surface area contributed by atoms with Crippen molar-refractivity contribution in [1.82, 2.24) is 9.47 Å². The molecule has 1 aliphatic rings. The van der Waals surface area contributed by atoms with Crippen LogP contribution in [0.2, 0.25) is 5.02 Å². The Bertz CT molecular complexity index is 632. The van der Waals surface area contributed by atoms with Gasteiger partial charge in [-0.15, -0.1) is 0 Å². The van der Waals surface area contributed by atoms with Crippen LogP contribution in [0.5, 0.6) is 11.8 Å². The first-order valence-corrected chi connectivity index (χ1v) is 8.31. The third-order valence-corrected chi connectivity index (χ3v) is 4.57. The molecule has 1 aromatic carbocycles. The second kappa shape index (κ2) is 7.15. The Morgan fingerprint density at radius 1 is 0.913 bits per heavy atom. The quantitative estimate of drug-likeness (QED) is 0.882. The number of aromatic nitrogens is 1. The number of hydrogen-bond donors (Lipinski definition) is 2. The number of rotatable bonds is 5. The minimum atomic E-state index is 0.119. The summed E-state index contributed by atoms with van der Waals surface area (Å²) in [6.07, 6.45) is 0.896. The van der Waals surface area contributed by atoms with Crippen molar-refractivity contribution in [3.8, 4) is 11.8 Å². The number of piperazine rings is 1. The third kappa shape index (κ3) is 3.92. The van der Waals surface area contributed by atoms with Gasteiger partial charge in [0, 0.05) is 55.6 Å². The predicted molar refractivity (Wildman–Crippen MR) is 92.5 cm³/mol. The molecule has 23 heavy (non-hydrogen) atoms. The van der Waals surface area contributed by atoms with Crippen molar-refractivity contribution >= 4 is 17.3 Å². The average Bonchev–Trinajstić information content (AvgIpc) is 2.87. The van der Waals surface area contributed by atoms with Crippen LogP contribution in [0.15, 0.2) is 36.4 Å². The summed E-state index contributed by atoms with van der Waals surface area (Å²) in [4.78, 5) is 4.77. The summed E-state index contributed by atoms with van der Waals surface area (Å²) in [6.45, 7) is 5.58. The zero-order chi connectivity index (χ0) is 16.2. The molecule has 0 saturated carbocycles. The normalized spacial score (nSPS) is 16.0. The fourth-order valence-corrected chi connectivity index (χ4v) is 3.21. The van der Waals surface area contributed by atoms with E-state index in [0.717, 1.165) is 44.2 Å². The maximum Gasteiger partial charge on any atom is 0.193 e. The lowest BCUT2D eigenvalue weighted by molar-refractivity contribution is 0.246. The fourth-order valence-electron chi connectivity index (χ4n) is 3.03. The molecule has 124 valence electrons. The molecule has 2 aromatic rings. The van der Waals surface area contributed by atoms with Gasteiger partial charge in [0.05, 0.1) is 0 Å². The predicted octanol–water partition coefficient (Wildman–Crippen LogP) is 2.77. The van der Waals surface area contributed by atoms with Gasteiger partial charge in [-0.05, 0) is 31.2 Å². The van der Waals surface area contributed by atoms with Gasteiger partial charge >= 0.3 is 0 Å². The molecule has 0 unspecified atom stereocenters. The van der Waals surface area contributed by atoms with Crippen LogP contribution in [-0.2, 0) is 6.54 Å². The highest BCUT2D eigenvalue weighted by Gasteiger charge is 2.17. The van der Waals surface area contributed by atoms with Gasteiger partial charge in [0.2, 0.25) is 0 Å². The Labute approximate surface area is 141 Å². The highest BCUT2D eigenvalue weighted by atomic mass is 35.5. The highest BCUT2D eigenvalue weighted by Crippen LogP contribution is 2.22. The first-order valence-electron chi connectivity index (χ1n) is 7.94. The van der Waals surface area contributed by atoms with Crippen molar-refractivity contribution < 1.29 is 10.2 Å². The maximum atomic E-state index is 9.62. The van der Waals surface area contributed by atoms with Crippen molar-refractivity contribution in [2.45, 2.75) is 13.0 Å². The van der Waals surface area contributed by atoms with Gasteiger partial charge in [0.25, 0.3) is 0 Å². The molecule has 2 N–H and O–H groups in total. The average molecular weight is 336 g/mol. The molecule has 1 saturated heterocycles. The second-order valence-corrected chi connectivity index (χ2v) is 6.30. The first kappa shape index (κ1) is 16.0. The molecular weight excluding hydrogens is 314 g/mol. The molecular formula is C17H22ClN3O2. The van der Waals surface area contributed by atoms with Crippen molar-refractivity contribution in [3.63, 3.8) is 0 Å². The number of hydrogen-bond acceptors (Lipinski definition) is 4. The summed E-state index contributed by atoms with van der Waals surface area (Å²) in [6, 6.07) is 11.0. The summed E-state index contributed by atoms with van der Waals surface area (Å²) < 4.78 is 1.53. The lowest BCUT2D eigenvalue weighted by Gasteiger charge is -2.36. The van der Waals surface area contributed by atoms with Crippen LogP contribution in [0.3, 0.4) is 0 Å². The number of benzene rings is 1. The second-order valence-electron chi connectivity index (χ2n) is 5.86. The molecule has 5 nitrogen and oxygen atoms in total. The van der Waals surface area contributed by atoms with Crippen molar-refractivity contribution in [3.05, 3.63) is 41.4 Å². The standard InChI is InChI=1S/C17H22ClN3O2/c18-14-3-1-4-15(13-14)20-11-9-19(10-12-20)7-2-8-21-16(22)5-6-17(21)23/h1,3-6,13,22-23H,2,7-12H2. The van der Waals surface area contributed by atoms with Gasteiger partial charge in [0.1, 0.15) is 0 Å². The number of anilines is 1. The minimum Gasteiger partial charge on any atom is -0.494 e. The molecule has 6 heteroatoms. The molecule has 1 fully saturated rings. The number of nitrogens with zero attached hydrogens (tertiary/aromatic N) is 3. The van der Waals surface area contributed by atoms with E-state index in [9.17, 15) is 10.2 Å². The van der Waals surface area contributed by atoms with Crippen LogP contribution in [-0.4, -0.2) is 52.4 Å². The maximum absolute atomic E-state index is 9.62. The van der Waals surface area contributed by atoms with E-state index in [0.29, 0.717) is 6.54 Å². The van der Waals surface area contributed by atoms with Gasteiger partial charge in [-0.3, -0.25) is 9.47 Å². The Hall–Kier alpha value is -1.85. The summed E-state index contributed by atoms with van der Waals surface area (Å²) in [7, 11) is 0. The monoisotopic (exact) mass is 335 g/mol. The van der Waals surface area contributed by atoms with E-state index in [4.69, 9.17) is 11.6 Å². The largest absolute Gasteiger partial charge is 0.494 e. The Kier molecular flexibility index (Phi) is 4.98. The number of aromatic hydroxyl groups is 2. The van der Waals surface area contributed by atoms with Gasteiger partial charge in [-0.25, -0.2) is 0 Å². The molecule has 0 atom stereocenters. The first-order chi connectivity index (χ1) is 11.1. The van der Waals surface area contributed by atoms with Crippen LogP contribution >= 0.6 is 11.6 Å². The minimum absolute atomic E-state index is 0.119. The van der Waals surface area contributed by atoms with Crippen molar-refractivity contribution in [1.29, 1.82) is 0 Å². The van der Waals surface area contributed by atoms with Crippen LogP contribution in [0.4, 0.5) is 5.69 Å². The van der Waals surface area contributed by atoms with E-state index in [1.54, 1.807) is 0 Å². The molecule has 0 bridgehead atoms. The zero-order valence-electron chi connectivity index (χ0n) is 13.0. The molecule has 0 radical (unpaired) electrons. The van der Waals surface area contributed by atoms with E-state index in [-0.39, 0.29) is 11.8 Å². The van der Waals surface area contributed by atoms with Gasteiger partial charge < -0.3 is 15.1 Å². The zero-order valence-corrected chi connectivity index (χ0v) is 13.8. The van der Waals surface area contributed by atoms with Crippen LogP contribution in [0, 0.1) is 0 Å². The van der Waals surface area contributed by atoms with E-state index in [1.165, 1.54) is 22.4 Å². The van der Waals surface area contributed by atoms with Crippen LogP contribution in [0.25, 0.3) is 0 Å². The molecule has 3 rings (SSSR count). The summed E-state index contributed by atoms with van der Waals surface area (Å²) in [5, 5.41) is 20.0. The Balaban J connectivity index is 1.44. The molecule has 1 aromatic heterocycles. The molecule has 1 aliphatic heterocycles. The summed E-state index contributed by atoms with van der Waals surface area (Å²) >= 11 is 6.06.